The summed E-state index contributed by atoms with van der Waals surface area (Å²) in [5, 5.41) is 32.1. The van der Waals surface area contributed by atoms with Crippen molar-refractivity contribution in [3.05, 3.63) is 104 Å². The van der Waals surface area contributed by atoms with Crippen molar-refractivity contribution in [2.75, 3.05) is 0 Å². The van der Waals surface area contributed by atoms with Crippen molar-refractivity contribution >= 4 is 34.6 Å². The lowest BCUT2D eigenvalue weighted by molar-refractivity contribution is -0.154. The second-order valence-electron chi connectivity index (χ2n) is 7.02. The minimum Gasteiger partial charge on any atom is -0.479 e. The number of alkyl halides is 1. The molecule has 5 rings (SSSR count). The summed E-state index contributed by atoms with van der Waals surface area (Å²) >= 11 is 2.46. The molecule has 0 aliphatic heterocycles. The lowest BCUT2D eigenvalue weighted by Crippen LogP contribution is -2.34. The van der Waals surface area contributed by atoms with E-state index in [1.807, 2.05) is 0 Å². The van der Waals surface area contributed by atoms with Crippen LogP contribution in [-0.2, 0) is 20.9 Å². The Morgan fingerprint density at radius 2 is 1.19 bits per heavy atom. The molecule has 0 bridgehead atoms. The van der Waals surface area contributed by atoms with Gasteiger partial charge in [-0.1, -0.05) is 60.7 Å². The molecular formula is C24H17FO5S2. The smallest absolute Gasteiger partial charge is 0.351 e. The van der Waals surface area contributed by atoms with Crippen LogP contribution in [0.4, 0.5) is 4.39 Å². The molecule has 1 aliphatic carbocycles. The minimum absolute atomic E-state index is 0.216. The van der Waals surface area contributed by atoms with Crippen LogP contribution < -0.4 is 0 Å². The summed E-state index contributed by atoms with van der Waals surface area (Å²) in [6.45, 7) is 0. The highest BCUT2D eigenvalue weighted by atomic mass is 32.1. The number of aliphatic hydroxyl groups is 1. The molecule has 0 saturated heterocycles. The molecule has 0 fully saturated rings. The third-order valence-electron chi connectivity index (χ3n) is 5.25. The first kappa shape index (κ1) is 21.9. The molecule has 0 amide bonds. The number of carboxylic acid groups (broad SMARTS) is 2. The number of fused-ring (bicyclic) bond motifs is 3. The molecule has 8 heteroatoms. The molecule has 2 aromatic carbocycles. The van der Waals surface area contributed by atoms with Crippen LogP contribution in [0.5, 0.6) is 0 Å². The van der Waals surface area contributed by atoms with Gasteiger partial charge in [-0.15, -0.1) is 22.7 Å². The van der Waals surface area contributed by atoms with Crippen LogP contribution >= 0.6 is 22.7 Å². The molecule has 162 valence electrons. The Balaban J connectivity index is 0.000000155. The van der Waals surface area contributed by atoms with Crippen molar-refractivity contribution in [2.24, 2.45) is 0 Å². The van der Waals surface area contributed by atoms with Crippen LogP contribution in [0.1, 0.15) is 20.9 Å². The molecule has 0 radical (unpaired) electrons. The van der Waals surface area contributed by atoms with E-state index in [0.717, 1.165) is 0 Å². The van der Waals surface area contributed by atoms with E-state index in [4.69, 9.17) is 5.11 Å². The number of thiophene rings is 2. The third-order valence-corrected chi connectivity index (χ3v) is 7.20. The highest BCUT2D eigenvalue weighted by Crippen LogP contribution is 2.49. The van der Waals surface area contributed by atoms with Crippen LogP contribution in [0, 0.1) is 0 Å². The summed E-state index contributed by atoms with van der Waals surface area (Å²) in [7, 11) is 0. The predicted octanol–water partition coefficient (Wildman–Crippen LogP) is 5.09. The summed E-state index contributed by atoms with van der Waals surface area (Å²) in [6, 6.07) is 20.1. The van der Waals surface area contributed by atoms with Crippen molar-refractivity contribution in [3.63, 3.8) is 0 Å². The second kappa shape index (κ2) is 8.31. The Bertz CT molecular complexity index is 1190. The van der Waals surface area contributed by atoms with Gasteiger partial charge < -0.3 is 15.3 Å². The first-order chi connectivity index (χ1) is 15.3. The van der Waals surface area contributed by atoms with Crippen molar-refractivity contribution in [1.29, 1.82) is 0 Å². The summed E-state index contributed by atoms with van der Waals surface area (Å²) in [5.74, 6) is -2.71. The highest BCUT2D eigenvalue weighted by Gasteiger charge is 2.50. The van der Waals surface area contributed by atoms with Crippen LogP contribution in [0.2, 0.25) is 0 Å². The number of benzene rings is 2. The topological polar surface area (TPSA) is 94.8 Å². The van der Waals surface area contributed by atoms with E-state index in [1.54, 1.807) is 71.4 Å². The summed E-state index contributed by atoms with van der Waals surface area (Å²) < 4.78 is 14.8. The van der Waals surface area contributed by atoms with Gasteiger partial charge in [0.15, 0.2) is 0 Å². The fraction of sp³-hybridized carbons (Fsp3) is 0.0833. The van der Waals surface area contributed by atoms with Gasteiger partial charge in [0.1, 0.15) is 0 Å². The van der Waals surface area contributed by atoms with Gasteiger partial charge in [-0.25, -0.2) is 14.0 Å². The molecule has 1 aliphatic rings. The van der Waals surface area contributed by atoms with Crippen LogP contribution in [0.15, 0.2) is 83.6 Å². The molecule has 3 N–H and O–H groups in total. The van der Waals surface area contributed by atoms with Gasteiger partial charge >= 0.3 is 11.9 Å². The number of rotatable bonds is 4. The molecule has 2 heterocycles. The standard InChI is InChI=1S/C14H9FO2.C10H8O3S2/c15-14(13(16)17)11-7-3-1-5-9(11)10-6-2-4-8-12(10)14;11-9(12)10(13,7-3-1-5-14-7)8-4-2-6-15-8/h1-8H,(H,16,17);1-6,13H,(H,11,12). The first-order valence-corrected chi connectivity index (χ1v) is 11.2. The number of carbonyl (C=O) groups is 2. The average Bonchev–Trinajstić information content (AvgIpc) is 3.56. The first-order valence-electron chi connectivity index (χ1n) is 9.46. The van der Waals surface area contributed by atoms with E-state index in [9.17, 15) is 24.2 Å². The fourth-order valence-electron chi connectivity index (χ4n) is 3.71. The number of aliphatic carboxylic acids is 2. The molecule has 0 unspecified atom stereocenters. The van der Waals surface area contributed by atoms with E-state index in [-0.39, 0.29) is 11.1 Å². The molecule has 0 atom stereocenters. The molecule has 4 aromatic rings. The van der Waals surface area contributed by atoms with Crippen molar-refractivity contribution in [3.8, 4) is 11.1 Å². The molecule has 0 saturated carbocycles. The quantitative estimate of drug-likeness (QED) is 0.388. The van der Waals surface area contributed by atoms with E-state index < -0.39 is 23.2 Å². The Morgan fingerprint density at radius 1 is 0.750 bits per heavy atom. The zero-order valence-corrected chi connectivity index (χ0v) is 18.1. The second-order valence-corrected chi connectivity index (χ2v) is 8.92. The van der Waals surface area contributed by atoms with Gasteiger partial charge in [-0.05, 0) is 34.0 Å². The fourth-order valence-corrected chi connectivity index (χ4v) is 5.44. The van der Waals surface area contributed by atoms with Crippen LogP contribution in [-0.4, -0.2) is 27.3 Å². The Morgan fingerprint density at radius 3 is 1.53 bits per heavy atom. The van der Waals surface area contributed by atoms with Crippen molar-refractivity contribution in [1.82, 2.24) is 0 Å². The number of hydrogen-bond acceptors (Lipinski definition) is 5. The lowest BCUT2D eigenvalue weighted by Gasteiger charge is -2.20. The average molecular weight is 469 g/mol. The maximum absolute atomic E-state index is 14.8. The molecule has 5 nitrogen and oxygen atoms in total. The van der Waals surface area contributed by atoms with Crippen LogP contribution in [0.25, 0.3) is 11.1 Å². The maximum Gasteiger partial charge on any atom is 0.351 e. The predicted molar refractivity (Wildman–Crippen MR) is 121 cm³/mol. The molecular weight excluding hydrogens is 451 g/mol. The summed E-state index contributed by atoms with van der Waals surface area (Å²) in [5.41, 5.74) is -2.57. The number of halogens is 1. The van der Waals surface area contributed by atoms with Crippen molar-refractivity contribution < 1.29 is 29.3 Å². The summed E-state index contributed by atoms with van der Waals surface area (Å²) in [6.07, 6.45) is 0. The van der Waals surface area contributed by atoms with E-state index >= 15 is 0 Å². The zero-order valence-electron chi connectivity index (χ0n) is 16.4. The largest absolute Gasteiger partial charge is 0.479 e. The van der Waals surface area contributed by atoms with Gasteiger partial charge in [-0.3, -0.25) is 0 Å². The van der Waals surface area contributed by atoms with E-state index in [0.29, 0.717) is 20.9 Å². The Hall–Kier alpha value is -3.33. The number of carboxylic acids is 2. The highest BCUT2D eigenvalue weighted by molar-refractivity contribution is 7.12. The van der Waals surface area contributed by atoms with Gasteiger partial charge in [0.2, 0.25) is 5.60 Å². The zero-order chi connectivity index (χ0) is 22.9. The monoisotopic (exact) mass is 468 g/mol. The molecule has 0 spiro atoms. The molecule has 2 aromatic heterocycles. The third kappa shape index (κ3) is 3.33. The van der Waals surface area contributed by atoms with Gasteiger partial charge in [0.05, 0.1) is 9.75 Å². The van der Waals surface area contributed by atoms with Gasteiger partial charge in [0.25, 0.3) is 5.67 Å². The number of hydrogen-bond donors (Lipinski definition) is 3. The SMILES string of the molecule is O=C(O)C(O)(c1cccs1)c1cccs1.O=C(O)C1(F)c2ccccc2-c2ccccc21. The van der Waals surface area contributed by atoms with Gasteiger partial charge in [-0.2, -0.15) is 0 Å². The summed E-state index contributed by atoms with van der Waals surface area (Å²) in [4.78, 5) is 23.3. The molecule has 32 heavy (non-hydrogen) atoms. The van der Waals surface area contributed by atoms with E-state index in [2.05, 4.69) is 0 Å². The minimum atomic E-state index is -2.42. The Labute approximate surface area is 190 Å². The normalized spacial score (nSPS) is 13.4. The van der Waals surface area contributed by atoms with Crippen LogP contribution in [0.3, 0.4) is 0 Å². The van der Waals surface area contributed by atoms with Crippen molar-refractivity contribution in [2.45, 2.75) is 11.3 Å². The van der Waals surface area contributed by atoms with E-state index in [1.165, 1.54) is 34.8 Å². The lowest BCUT2D eigenvalue weighted by atomic mass is 9.94. The Kier molecular flexibility index (Phi) is 5.68. The maximum atomic E-state index is 14.8. The van der Waals surface area contributed by atoms with Gasteiger partial charge in [0, 0.05) is 11.1 Å².